The molecule has 2 rings (SSSR count). The van der Waals surface area contributed by atoms with Gasteiger partial charge in [0.15, 0.2) is 23.3 Å². The van der Waals surface area contributed by atoms with Crippen molar-refractivity contribution in [1.82, 2.24) is 0 Å². The van der Waals surface area contributed by atoms with Gasteiger partial charge in [-0.2, -0.15) is 0 Å². The molecule has 1 aromatic carbocycles. The monoisotopic (exact) mass is 290 g/mol. The smallest absolute Gasteiger partial charge is 0.200 e. The van der Waals surface area contributed by atoms with Crippen molar-refractivity contribution in [2.75, 3.05) is 0 Å². The summed E-state index contributed by atoms with van der Waals surface area (Å²) in [4.78, 5) is 0.823. The Labute approximate surface area is 109 Å². The van der Waals surface area contributed by atoms with Crippen LogP contribution in [0, 0.1) is 29.1 Å². The molecule has 0 aliphatic carbocycles. The third-order valence-corrected chi connectivity index (χ3v) is 3.29. The van der Waals surface area contributed by atoms with Crippen LogP contribution in [0.25, 0.3) is 6.08 Å². The van der Waals surface area contributed by atoms with Crippen molar-refractivity contribution in [2.45, 2.75) is 6.42 Å². The Morgan fingerprint density at radius 1 is 0.895 bits per heavy atom. The van der Waals surface area contributed by atoms with E-state index in [1.807, 2.05) is 0 Å². The molecule has 0 bridgehead atoms. The van der Waals surface area contributed by atoms with Crippen LogP contribution in [0.2, 0.25) is 0 Å². The molecule has 2 aromatic rings. The second-order valence-corrected chi connectivity index (χ2v) is 4.65. The average molecular weight is 290 g/mol. The molecule has 0 N–H and O–H groups in total. The molecule has 0 aliphatic heterocycles. The van der Waals surface area contributed by atoms with Gasteiger partial charge in [0.2, 0.25) is 5.82 Å². The van der Waals surface area contributed by atoms with Crippen molar-refractivity contribution in [3.63, 3.8) is 0 Å². The summed E-state index contributed by atoms with van der Waals surface area (Å²) in [7, 11) is 0. The summed E-state index contributed by atoms with van der Waals surface area (Å²) < 4.78 is 65.3. The van der Waals surface area contributed by atoms with Crippen molar-refractivity contribution < 1.29 is 22.0 Å². The lowest BCUT2D eigenvalue weighted by Crippen LogP contribution is -2.06. The third-order valence-electron chi connectivity index (χ3n) is 2.45. The van der Waals surface area contributed by atoms with E-state index in [2.05, 4.69) is 0 Å². The van der Waals surface area contributed by atoms with Crippen molar-refractivity contribution in [2.24, 2.45) is 0 Å². The van der Waals surface area contributed by atoms with E-state index in [-0.39, 0.29) is 6.42 Å². The lowest BCUT2D eigenvalue weighted by molar-refractivity contribution is 0.371. The van der Waals surface area contributed by atoms with Gasteiger partial charge >= 0.3 is 0 Å². The minimum absolute atomic E-state index is 0.371. The van der Waals surface area contributed by atoms with Crippen molar-refractivity contribution in [1.29, 1.82) is 0 Å². The molecule has 0 nitrogen and oxygen atoms in total. The lowest BCUT2D eigenvalue weighted by atomic mass is 10.1. The van der Waals surface area contributed by atoms with E-state index in [9.17, 15) is 22.0 Å². The standard InChI is InChI=1S/C13H7F5S/c14-9-8(5-1-3-7-4-2-6-19-7)10(15)12(17)13(18)11(9)16/h1-4,6H,5H2/b3-1+. The highest BCUT2D eigenvalue weighted by Crippen LogP contribution is 2.24. The molecule has 6 heteroatoms. The Bertz CT molecular complexity index is 587. The highest BCUT2D eigenvalue weighted by molar-refractivity contribution is 7.10. The maximum atomic E-state index is 13.3. The van der Waals surface area contributed by atoms with Crippen LogP contribution in [-0.2, 0) is 6.42 Å². The van der Waals surface area contributed by atoms with Gasteiger partial charge in [0.25, 0.3) is 0 Å². The third kappa shape index (κ3) is 2.68. The van der Waals surface area contributed by atoms with Crippen LogP contribution < -0.4 is 0 Å². The number of halogens is 5. The Morgan fingerprint density at radius 2 is 1.47 bits per heavy atom. The first-order valence-electron chi connectivity index (χ1n) is 5.22. The summed E-state index contributed by atoms with van der Waals surface area (Å²) in [5.41, 5.74) is -0.829. The molecule has 1 heterocycles. The quantitative estimate of drug-likeness (QED) is 0.436. The predicted octanol–water partition coefficient (Wildman–Crippen LogP) is 4.70. The Balaban J connectivity index is 2.30. The molecule has 19 heavy (non-hydrogen) atoms. The highest BCUT2D eigenvalue weighted by atomic mass is 32.1. The maximum absolute atomic E-state index is 13.3. The normalized spacial score (nSPS) is 11.4. The molecular weight excluding hydrogens is 283 g/mol. The van der Waals surface area contributed by atoms with Crippen LogP contribution in [0.5, 0.6) is 0 Å². The van der Waals surface area contributed by atoms with Gasteiger partial charge in [0.1, 0.15) is 0 Å². The molecular formula is C13H7F5S. The van der Waals surface area contributed by atoms with Crippen molar-refractivity contribution >= 4 is 17.4 Å². The summed E-state index contributed by atoms with van der Waals surface area (Å²) >= 11 is 1.39. The summed E-state index contributed by atoms with van der Waals surface area (Å²) in [6.45, 7) is 0. The first-order chi connectivity index (χ1) is 9.02. The van der Waals surface area contributed by atoms with Crippen LogP contribution in [0.4, 0.5) is 22.0 Å². The number of benzene rings is 1. The lowest BCUT2D eigenvalue weighted by Gasteiger charge is -2.05. The molecule has 0 radical (unpaired) electrons. The number of rotatable bonds is 3. The summed E-state index contributed by atoms with van der Waals surface area (Å²) in [6, 6.07) is 3.54. The number of hydrogen-bond acceptors (Lipinski definition) is 1. The van der Waals surface area contributed by atoms with Crippen LogP contribution in [0.3, 0.4) is 0 Å². The maximum Gasteiger partial charge on any atom is 0.200 e. The summed E-state index contributed by atoms with van der Waals surface area (Å²) in [5, 5.41) is 1.80. The van der Waals surface area contributed by atoms with E-state index in [1.165, 1.54) is 17.4 Å². The van der Waals surface area contributed by atoms with Gasteiger partial charge in [-0.05, 0) is 23.9 Å². The molecule has 100 valence electrons. The Morgan fingerprint density at radius 3 is 2.00 bits per heavy atom. The van der Waals surface area contributed by atoms with Crippen LogP contribution in [0.1, 0.15) is 10.4 Å². The van der Waals surface area contributed by atoms with Gasteiger partial charge in [0, 0.05) is 10.4 Å². The fourth-order valence-corrected chi connectivity index (χ4v) is 2.15. The molecule has 0 atom stereocenters. The Hall–Kier alpha value is -1.69. The van der Waals surface area contributed by atoms with Crippen LogP contribution >= 0.6 is 11.3 Å². The summed E-state index contributed by atoms with van der Waals surface area (Å²) in [5.74, 6) is -9.54. The van der Waals surface area contributed by atoms with Crippen molar-refractivity contribution in [3.8, 4) is 0 Å². The number of hydrogen-bond donors (Lipinski definition) is 0. The predicted molar refractivity (Wildman–Crippen MR) is 63.3 cm³/mol. The second kappa shape index (κ2) is 5.52. The zero-order valence-corrected chi connectivity index (χ0v) is 10.2. The van der Waals surface area contributed by atoms with Crippen LogP contribution in [-0.4, -0.2) is 0 Å². The molecule has 0 spiro atoms. The fourth-order valence-electron chi connectivity index (χ4n) is 1.51. The van der Waals surface area contributed by atoms with E-state index in [0.717, 1.165) is 4.88 Å². The molecule has 0 amide bonds. The van der Waals surface area contributed by atoms with Crippen LogP contribution in [0.15, 0.2) is 23.6 Å². The highest BCUT2D eigenvalue weighted by Gasteiger charge is 2.24. The first kappa shape index (κ1) is 13.7. The van der Waals surface area contributed by atoms with Gasteiger partial charge in [0.05, 0.1) is 0 Å². The Kier molecular flexibility index (Phi) is 3.99. The number of thiophene rings is 1. The van der Waals surface area contributed by atoms with E-state index >= 15 is 0 Å². The summed E-state index contributed by atoms with van der Waals surface area (Å²) in [6.07, 6.45) is 2.54. The minimum Gasteiger partial charge on any atom is -0.203 e. The van der Waals surface area contributed by atoms with E-state index < -0.39 is 34.6 Å². The van der Waals surface area contributed by atoms with Gasteiger partial charge in [-0.1, -0.05) is 12.1 Å². The molecule has 0 aliphatic rings. The van der Waals surface area contributed by atoms with Crippen molar-refractivity contribution in [3.05, 3.63) is 63.1 Å². The average Bonchev–Trinajstić information content (AvgIpc) is 2.91. The zero-order chi connectivity index (χ0) is 14.0. The largest absolute Gasteiger partial charge is 0.203 e. The van der Waals surface area contributed by atoms with Gasteiger partial charge in [-0.15, -0.1) is 11.3 Å². The van der Waals surface area contributed by atoms with Gasteiger partial charge in [-0.25, -0.2) is 22.0 Å². The van der Waals surface area contributed by atoms with E-state index in [0.29, 0.717) is 0 Å². The molecule has 1 aromatic heterocycles. The molecule has 0 saturated heterocycles. The van der Waals surface area contributed by atoms with E-state index in [4.69, 9.17) is 0 Å². The molecule has 0 unspecified atom stereocenters. The molecule has 0 fully saturated rings. The SMILES string of the molecule is Fc1c(F)c(F)c(C/C=C/c2cccs2)c(F)c1F. The fraction of sp³-hybridized carbons (Fsp3) is 0.0769. The second-order valence-electron chi connectivity index (χ2n) is 3.67. The molecule has 0 saturated carbocycles. The zero-order valence-electron chi connectivity index (χ0n) is 9.39. The minimum atomic E-state index is -2.14. The van der Waals surface area contributed by atoms with E-state index in [1.54, 1.807) is 23.6 Å². The van der Waals surface area contributed by atoms with Gasteiger partial charge < -0.3 is 0 Å². The van der Waals surface area contributed by atoms with Gasteiger partial charge in [-0.3, -0.25) is 0 Å². The number of allylic oxidation sites excluding steroid dienone is 1. The topological polar surface area (TPSA) is 0 Å². The first-order valence-corrected chi connectivity index (χ1v) is 6.10.